The van der Waals surface area contributed by atoms with Crippen molar-refractivity contribution in [3.63, 3.8) is 0 Å². The average molecular weight is 334 g/mol. The third-order valence-corrected chi connectivity index (χ3v) is 5.15. The molecule has 3 rings (SSSR count). The highest BCUT2D eigenvalue weighted by molar-refractivity contribution is 7.92. The van der Waals surface area contributed by atoms with Gasteiger partial charge in [0.1, 0.15) is 4.90 Å². The zero-order valence-electron chi connectivity index (χ0n) is 12.0. The molecule has 6 nitrogen and oxygen atoms in total. The second-order valence-corrected chi connectivity index (χ2v) is 7.50. The first kappa shape index (κ1) is 14.7. The molecule has 0 saturated heterocycles. The summed E-state index contributed by atoms with van der Waals surface area (Å²) in [5.41, 5.74) is 2.00. The summed E-state index contributed by atoms with van der Waals surface area (Å²) in [5, 5.41) is 6.74. The lowest BCUT2D eigenvalue weighted by molar-refractivity contribution is 0.601. The molecule has 0 unspecified atom stereocenters. The van der Waals surface area contributed by atoms with Crippen LogP contribution in [0, 0.1) is 6.92 Å². The van der Waals surface area contributed by atoms with Crippen molar-refractivity contribution in [3.05, 3.63) is 47.0 Å². The van der Waals surface area contributed by atoms with Crippen LogP contribution in [0.3, 0.4) is 0 Å². The van der Waals surface area contributed by atoms with Crippen molar-refractivity contribution < 1.29 is 8.42 Å². The number of sulfonamides is 1. The molecule has 1 N–H and O–H groups in total. The van der Waals surface area contributed by atoms with Crippen molar-refractivity contribution in [1.29, 1.82) is 0 Å². The van der Waals surface area contributed by atoms with Gasteiger partial charge in [0.2, 0.25) is 0 Å². The van der Waals surface area contributed by atoms with Crippen LogP contribution >= 0.6 is 11.3 Å². The Morgan fingerprint density at radius 3 is 2.68 bits per heavy atom. The molecule has 22 heavy (non-hydrogen) atoms. The maximum absolute atomic E-state index is 12.4. The fraction of sp³-hybridized carbons (Fsp3) is 0.143. The van der Waals surface area contributed by atoms with Crippen LogP contribution in [0.2, 0.25) is 0 Å². The summed E-state index contributed by atoms with van der Waals surface area (Å²) in [6.45, 7) is 1.91. The molecule has 3 aromatic rings. The normalized spacial score (nSPS) is 11.5. The number of rotatable bonds is 4. The standard InChI is InChI=1S/C14H14N4O2S2/c1-10-16-14(9-21-10)12-5-3-4-6-13(12)17-22(19,20)11-7-15-18(2)8-11/h3-9,17H,1-2H3. The number of nitrogens with one attached hydrogen (secondary N) is 1. The van der Waals surface area contributed by atoms with E-state index in [1.165, 1.54) is 28.4 Å². The first-order valence-corrected chi connectivity index (χ1v) is 8.85. The Hall–Kier alpha value is -2.19. The van der Waals surface area contributed by atoms with Gasteiger partial charge in [0.05, 0.1) is 22.6 Å². The molecular weight excluding hydrogens is 320 g/mol. The fourth-order valence-electron chi connectivity index (χ4n) is 2.02. The van der Waals surface area contributed by atoms with Gasteiger partial charge in [0.25, 0.3) is 10.0 Å². The first-order chi connectivity index (χ1) is 10.5. The van der Waals surface area contributed by atoms with E-state index in [-0.39, 0.29) is 4.90 Å². The molecule has 1 aromatic carbocycles. The van der Waals surface area contributed by atoms with Crippen molar-refractivity contribution >= 4 is 27.0 Å². The van der Waals surface area contributed by atoms with Crippen LogP contribution in [0.25, 0.3) is 11.3 Å². The van der Waals surface area contributed by atoms with Crippen LogP contribution in [0.5, 0.6) is 0 Å². The molecule has 0 amide bonds. The number of thiazole rings is 1. The molecule has 0 fully saturated rings. The summed E-state index contributed by atoms with van der Waals surface area (Å²) in [6.07, 6.45) is 2.77. The molecule has 114 valence electrons. The third kappa shape index (κ3) is 2.88. The van der Waals surface area contributed by atoms with Gasteiger partial charge in [0, 0.05) is 24.2 Å². The van der Waals surface area contributed by atoms with Crippen LogP contribution in [0.4, 0.5) is 5.69 Å². The molecule has 0 atom stereocenters. The first-order valence-electron chi connectivity index (χ1n) is 6.49. The highest BCUT2D eigenvalue weighted by Gasteiger charge is 2.18. The van der Waals surface area contributed by atoms with Crippen LogP contribution in [0.1, 0.15) is 5.01 Å². The molecular formula is C14H14N4O2S2. The minimum absolute atomic E-state index is 0.124. The number of benzene rings is 1. The van der Waals surface area contributed by atoms with E-state index in [0.717, 1.165) is 16.3 Å². The Morgan fingerprint density at radius 2 is 2.05 bits per heavy atom. The molecule has 2 heterocycles. The summed E-state index contributed by atoms with van der Waals surface area (Å²) >= 11 is 1.52. The molecule has 0 spiro atoms. The van der Waals surface area contributed by atoms with Crippen LogP contribution in [-0.2, 0) is 17.1 Å². The van der Waals surface area contributed by atoms with Gasteiger partial charge < -0.3 is 0 Å². The Labute approximate surface area is 132 Å². The summed E-state index contributed by atoms with van der Waals surface area (Å²) < 4.78 is 28.9. The lowest BCUT2D eigenvalue weighted by Gasteiger charge is -2.10. The van der Waals surface area contributed by atoms with E-state index in [4.69, 9.17) is 0 Å². The summed E-state index contributed by atoms with van der Waals surface area (Å²) in [5.74, 6) is 0. The van der Waals surface area contributed by atoms with Crippen LogP contribution in [-0.4, -0.2) is 23.2 Å². The number of aromatic nitrogens is 3. The molecule has 0 radical (unpaired) electrons. The molecule has 0 saturated carbocycles. The van der Waals surface area contributed by atoms with Gasteiger partial charge >= 0.3 is 0 Å². The Balaban J connectivity index is 2.00. The van der Waals surface area contributed by atoms with E-state index in [0.29, 0.717) is 5.69 Å². The van der Waals surface area contributed by atoms with Crippen molar-refractivity contribution in [2.75, 3.05) is 4.72 Å². The SMILES string of the molecule is Cc1nc(-c2ccccc2NS(=O)(=O)c2cnn(C)c2)cs1. The molecule has 0 aliphatic heterocycles. The summed E-state index contributed by atoms with van der Waals surface area (Å²) in [6, 6.07) is 7.20. The van der Waals surface area contributed by atoms with Crippen molar-refractivity contribution in [2.24, 2.45) is 7.05 Å². The Morgan fingerprint density at radius 1 is 1.27 bits per heavy atom. The van der Waals surface area contributed by atoms with E-state index in [2.05, 4.69) is 14.8 Å². The van der Waals surface area contributed by atoms with E-state index in [9.17, 15) is 8.42 Å². The average Bonchev–Trinajstić information content (AvgIpc) is 3.08. The predicted molar refractivity (Wildman–Crippen MR) is 86.3 cm³/mol. The molecule has 8 heteroatoms. The third-order valence-electron chi connectivity index (χ3n) is 3.06. The molecule has 2 aromatic heterocycles. The second kappa shape index (κ2) is 5.54. The van der Waals surface area contributed by atoms with Crippen molar-refractivity contribution in [2.45, 2.75) is 11.8 Å². The number of anilines is 1. The van der Waals surface area contributed by atoms with Gasteiger partial charge in [0.15, 0.2) is 0 Å². The topological polar surface area (TPSA) is 76.9 Å². The van der Waals surface area contributed by atoms with Gasteiger partial charge in [-0.1, -0.05) is 18.2 Å². The number of aryl methyl sites for hydroxylation is 2. The number of hydrogen-bond donors (Lipinski definition) is 1. The number of hydrogen-bond acceptors (Lipinski definition) is 5. The number of para-hydroxylation sites is 1. The quantitative estimate of drug-likeness (QED) is 0.796. The smallest absolute Gasteiger partial charge is 0.265 e. The largest absolute Gasteiger partial charge is 0.279 e. The minimum atomic E-state index is -3.67. The number of nitrogens with zero attached hydrogens (tertiary/aromatic N) is 3. The monoisotopic (exact) mass is 334 g/mol. The van der Waals surface area contributed by atoms with Gasteiger partial charge in [-0.2, -0.15) is 5.10 Å². The van der Waals surface area contributed by atoms with Gasteiger partial charge in [-0.3, -0.25) is 9.40 Å². The minimum Gasteiger partial charge on any atom is -0.279 e. The molecule has 0 aliphatic rings. The van der Waals surface area contributed by atoms with Crippen molar-refractivity contribution in [1.82, 2.24) is 14.8 Å². The maximum atomic E-state index is 12.4. The Bertz CT molecular complexity index is 912. The van der Waals surface area contributed by atoms with Gasteiger partial charge in [-0.15, -0.1) is 11.3 Å². The molecule has 0 bridgehead atoms. The van der Waals surface area contributed by atoms with E-state index in [1.54, 1.807) is 19.2 Å². The maximum Gasteiger partial charge on any atom is 0.265 e. The van der Waals surface area contributed by atoms with Gasteiger partial charge in [-0.05, 0) is 13.0 Å². The van der Waals surface area contributed by atoms with Gasteiger partial charge in [-0.25, -0.2) is 13.4 Å². The van der Waals surface area contributed by atoms with Crippen molar-refractivity contribution in [3.8, 4) is 11.3 Å². The van der Waals surface area contributed by atoms with E-state index in [1.807, 2.05) is 24.4 Å². The highest BCUT2D eigenvalue weighted by Crippen LogP contribution is 2.30. The Kier molecular flexibility index (Phi) is 3.71. The zero-order valence-corrected chi connectivity index (χ0v) is 13.6. The fourth-order valence-corrected chi connectivity index (χ4v) is 3.70. The lowest BCUT2D eigenvalue weighted by Crippen LogP contribution is -2.13. The van der Waals surface area contributed by atoms with Crippen LogP contribution < -0.4 is 4.72 Å². The summed E-state index contributed by atoms with van der Waals surface area (Å²) in [4.78, 5) is 4.54. The predicted octanol–water partition coefficient (Wildman–Crippen LogP) is 2.65. The second-order valence-electron chi connectivity index (χ2n) is 4.75. The van der Waals surface area contributed by atoms with E-state index >= 15 is 0 Å². The molecule has 0 aliphatic carbocycles. The summed E-state index contributed by atoms with van der Waals surface area (Å²) in [7, 11) is -2.00. The lowest BCUT2D eigenvalue weighted by atomic mass is 10.1. The van der Waals surface area contributed by atoms with E-state index < -0.39 is 10.0 Å². The zero-order chi connectivity index (χ0) is 15.7. The highest BCUT2D eigenvalue weighted by atomic mass is 32.2. The van der Waals surface area contributed by atoms with Crippen LogP contribution in [0.15, 0.2) is 46.9 Å².